The lowest BCUT2D eigenvalue weighted by Crippen LogP contribution is -2.26. The highest BCUT2D eigenvalue weighted by Gasteiger charge is 2.35. The smallest absolute Gasteiger partial charge is 0.138 e. The topological polar surface area (TPSA) is 43.4 Å². The van der Waals surface area contributed by atoms with Crippen LogP contribution in [0, 0.1) is 11.8 Å². The molecule has 0 spiro atoms. The summed E-state index contributed by atoms with van der Waals surface area (Å²) in [5.74, 6) is -0.142. The van der Waals surface area contributed by atoms with E-state index in [4.69, 9.17) is 4.74 Å². The van der Waals surface area contributed by atoms with Crippen molar-refractivity contribution in [2.75, 3.05) is 13.2 Å². The largest absolute Gasteiger partial charge is 0.380 e. The molecule has 2 atom stereocenters. The third-order valence-electron chi connectivity index (χ3n) is 2.36. The summed E-state index contributed by atoms with van der Waals surface area (Å²) in [7, 11) is 0. The molecule has 0 N–H and O–H groups in total. The quantitative estimate of drug-likeness (QED) is 0.629. The second kappa shape index (κ2) is 3.81. The van der Waals surface area contributed by atoms with Crippen molar-refractivity contribution in [2.45, 2.75) is 20.3 Å². The Morgan fingerprint density at radius 1 is 1.33 bits per heavy atom. The molecule has 68 valence electrons. The minimum absolute atomic E-state index is 0.0688. The molecule has 0 aromatic rings. The van der Waals surface area contributed by atoms with Gasteiger partial charge < -0.3 is 4.74 Å². The van der Waals surface area contributed by atoms with E-state index >= 15 is 0 Å². The molecule has 0 bridgehead atoms. The van der Waals surface area contributed by atoms with Gasteiger partial charge in [0.15, 0.2) is 0 Å². The number of rotatable bonds is 3. The van der Waals surface area contributed by atoms with Crippen LogP contribution < -0.4 is 0 Å². The minimum Gasteiger partial charge on any atom is -0.380 e. The van der Waals surface area contributed by atoms with Crippen LogP contribution in [0.15, 0.2) is 0 Å². The average molecular weight is 170 g/mol. The first-order valence-electron chi connectivity index (χ1n) is 4.27. The standard InChI is InChI=1S/C9H14O3/c1-3-9(11)8-5-12-4-7(8)6(2)10/h7-8H,3-5H2,1-2H3. The summed E-state index contributed by atoms with van der Waals surface area (Å²) in [4.78, 5) is 22.3. The van der Waals surface area contributed by atoms with Crippen LogP contribution in [0.25, 0.3) is 0 Å². The molecule has 1 fully saturated rings. The summed E-state index contributed by atoms with van der Waals surface area (Å²) in [6, 6.07) is 0. The fourth-order valence-electron chi connectivity index (χ4n) is 1.53. The Hall–Kier alpha value is -0.700. The van der Waals surface area contributed by atoms with Crippen LogP contribution in [-0.4, -0.2) is 24.8 Å². The average Bonchev–Trinajstić information content (AvgIpc) is 2.50. The first-order chi connectivity index (χ1) is 5.66. The van der Waals surface area contributed by atoms with Crippen molar-refractivity contribution in [3.8, 4) is 0 Å². The molecule has 1 aliphatic rings. The highest BCUT2D eigenvalue weighted by Crippen LogP contribution is 2.23. The molecule has 0 amide bonds. The summed E-state index contributed by atoms with van der Waals surface area (Å²) in [5, 5.41) is 0. The van der Waals surface area contributed by atoms with Crippen LogP contribution in [-0.2, 0) is 14.3 Å². The summed E-state index contributed by atoms with van der Waals surface area (Å²) in [5.41, 5.74) is 0. The van der Waals surface area contributed by atoms with Gasteiger partial charge in [-0.15, -0.1) is 0 Å². The second-order valence-electron chi connectivity index (χ2n) is 3.18. The van der Waals surface area contributed by atoms with Gasteiger partial charge in [0, 0.05) is 6.42 Å². The van der Waals surface area contributed by atoms with E-state index in [1.54, 1.807) is 0 Å². The molecule has 3 heteroatoms. The summed E-state index contributed by atoms with van der Waals surface area (Å²) >= 11 is 0. The minimum atomic E-state index is -0.183. The van der Waals surface area contributed by atoms with E-state index in [9.17, 15) is 9.59 Å². The third kappa shape index (κ3) is 1.72. The lowest BCUT2D eigenvalue weighted by atomic mass is 9.88. The van der Waals surface area contributed by atoms with Crippen LogP contribution in [0.3, 0.4) is 0 Å². The van der Waals surface area contributed by atoms with Gasteiger partial charge in [0.05, 0.1) is 25.0 Å². The van der Waals surface area contributed by atoms with Gasteiger partial charge >= 0.3 is 0 Å². The van der Waals surface area contributed by atoms with Crippen LogP contribution >= 0.6 is 0 Å². The van der Waals surface area contributed by atoms with Crippen LogP contribution in [0.1, 0.15) is 20.3 Å². The van der Waals surface area contributed by atoms with Gasteiger partial charge in [0.25, 0.3) is 0 Å². The number of Topliss-reactive ketones (excluding diaryl/α,β-unsaturated/α-hetero) is 2. The maximum Gasteiger partial charge on any atom is 0.138 e. The Kier molecular flexibility index (Phi) is 2.98. The molecule has 1 heterocycles. The van der Waals surface area contributed by atoms with Crippen molar-refractivity contribution < 1.29 is 14.3 Å². The SMILES string of the molecule is CCC(=O)C1COCC1C(C)=O. The molecule has 0 aliphatic carbocycles. The number of hydrogen-bond acceptors (Lipinski definition) is 3. The van der Waals surface area contributed by atoms with Crippen LogP contribution in [0.2, 0.25) is 0 Å². The monoisotopic (exact) mass is 170 g/mol. The molecule has 2 unspecified atom stereocenters. The van der Waals surface area contributed by atoms with E-state index in [1.807, 2.05) is 6.92 Å². The van der Waals surface area contributed by atoms with E-state index in [0.717, 1.165) is 0 Å². The maximum absolute atomic E-state index is 11.3. The fourth-order valence-corrected chi connectivity index (χ4v) is 1.53. The Morgan fingerprint density at radius 2 is 1.92 bits per heavy atom. The summed E-state index contributed by atoms with van der Waals surface area (Å²) in [6.45, 7) is 4.19. The maximum atomic E-state index is 11.3. The molecular weight excluding hydrogens is 156 g/mol. The van der Waals surface area contributed by atoms with Gasteiger partial charge in [-0.05, 0) is 6.92 Å². The predicted octanol–water partition coefficient (Wildman–Crippen LogP) is 0.817. The molecule has 0 saturated carbocycles. The van der Waals surface area contributed by atoms with Crippen molar-refractivity contribution in [3.05, 3.63) is 0 Å². The van der Waals surface area contributed by atoms with Crippen molar-refractivity contribution in [1.29, 1.82) is 0 Å². The number of hydrogen-bond donors (Lipinski definition) is 0. The van der Waals surface area contributed by atoms with Gasteiger partial charge in [0.1, 0.15) is 11.6 Å². The van der Waals surface area contributed by atoms with E-state index in [1.165, 1.54) is 6.92 Å². The molecule has 0 aromatic heterocycles. The Balaban J connectivity index is 2.63. The third-order valence-corrected chi connectivity index (χ3v) is 2.36. The lowest BCUT2D eigenvalue weighted by Gasteiger charge is -2.11. The second-order valence-corrected chi connectivity index (χ2v) is 3.18. The predicted molar refractivity (Wildman–Crippen MR) is 43.8 cm³/mol. The first-order valence-corrected chi connectivity index (χ1v) is 4.27. The van der Waals surface area contributed by atoms with Gasteiger partial charge in [-0.25, -0.2) is 0 Å². The summed E-state index contributed by atoms with van der Waals surface area (Å²) in [6.07, 6.45) is 0.498. The number of ether oxygens (including phenoxy) is 1. The van der Waals surface area contributed by atoms with E-state index in [-0.39, 0.29) is 23.4 Å². The van der Waals surface area contributed by atoms with Crippen LogP contribution in [0.4, 0.5) is 0 Å². The molecule has 1 aliphatic heterocycles. The zero-order valence-electron chi connectivity index (χ0n) is 7.50. The van der Waals surface area contributed by atoms with E-state index in [0.29, 0.717) is 19.6 Å². The molecule has 12 heavy (non-hydrogen) atoms. The highest BCUT2D eigenvalue weighted by molar-refractivity contribution is 5.89. The van der Waals surface area contributed by atoms with Crippen LogP contribution in [0.5, 0.6) is 0 Å². The Labute approximate surface area is 72.1 Å². The highest BCUT2D eigenvalue weighted by atomic mass is 16.5. The van der Waals surface area contributed by atoms with Gasteiger partial charge in [-0.2, -0.15) is 0 Å². The van der Waals surface area contributed by atoms with Gasteiger partial charge in [-0.1, -0.05) is 6.92 Å². The van der Waals surface area contributed by atoms with Gasteiger partial charge in [-0.3, -0.25) is 9.59 Å². The molecule has 0 aromatic carbocycles. The van der Waals surface area contributed by atoms with E-state index in [2.05, 4.69) is 0 Å². The number of carbonyl (C=O) groups excluding carboxylic acids is 2. The molecule has 1 saturated heterocycles. The van der Waals surface area contributed by atoms with Crippen molar-refractivity contribution >= 4 is 11.6 Å². The molecule has 0 radical (unpaired) electrons. The van der Waals surface area contributed by atoms with Gasteiger partial charge in [0.2, 0.25) is 0 Å². The normalized spacial score (nSPS) is 28.8. The Bertz CT molecular complexity index is 198. The molecule has 3 nitrogen and oxygen atoms in total. The fraction of sp³-hybridized carbons (Fsp3) is 0.778. The number of ketones is 2. The zero-order valence-corrected chi connectivity index (χ0v) is 7.50. The first kappa shape index (κ1) is 9.39. The number of carbonyl (C=O) groups is 2. The van der Waals surface area contributed by atoms with Crippen molar-refractivity contribution in [2.24, 2.45) is 11.8 Å². The lowest BCUT2D eigenvalue weighted by molar-refractivity contribution is -0.129. The summed E-state index contributed by atoms with van der Waals surface area (Å²) < 4.78 is 5.11. The molecular formula is C9H14O3. The van der Waals surface area contributed by atoms with Crippen molar-refractivity contribution in [1.82, 2.24) is 0 Å². The Morgan fingerprint density at radius 3 is 2.42 bits per heavy atom. The zero-order chi connectivity index (χ0) is 9.14. The molecule has 1 rings (SSSR count). The van der Waals surface area contributed by atoms with E-state index < -0.39 is 0 Å². The van der Waals surface area contributed by atoms with Crippen molar-refractivity contribution in [3.63, 3.8) is 0 Å².